The third-order valence-electron chi connectivity index (χ3n) is 3.08. The predicted molar refractivity (Wildman–Crippen MR) is 63.9 cm³/mol. The molecule has 1 saturated carbocycles. The second kappa shape index (κ2) is 4.35. The van der Waals surface area contributed by atoms with Crippen LogP contribution in [0.4, 0.5) is 10.1 Å². The molecule has 1 fully saturated rings. The Kier molecular flexibility index (Phi) is 3.05. The lowest BCUT2D eigenvalue weighted by Gasteiger charge is -2.10. The minimum Gasteiger partial charge on any atom is -0.494 e. The first-order valence-electron chi connectivity index (χ1n) is 5.74. The Balaban J connectivity index is 1.97. The maximum Gasteiger partial charge on any atom is 0.233 e. The van der Waals surface area contributed by atoms with Crippen LogP contribution in [0, 0.1) is 5.41 Å². The van der Waals surface area contributed by atoms with Crippen LogP contribution in [0.3, 0.4) is 0 Å². The normalized spacial score (nSPS) is 26.4. The average molecular weight is 237 g/mol. The molecule has 92 valence electrons. The molecular formula is C13H16FNO2. The molecule has 0 saturated heterocycles. The molecule has 0 radical (unpaired) electrons. The zero-order valence-corrected chi connectivity index (χ0v) is 10.00. The number of nitrogens with one attached hydrogen (secondary N) is 1. The number of hydrogen-bond donors (Lipinski definition) is 1. The van der Waals surface area contributed by atoms with Crippen LogP contribution in [0.5, 0.6) is 5.75 Å². The van der Waals surface area contributed by atoms with Crippen molar-refractivity contribution in [1.29, 1.82) is 0 Å². The van der Waals surface area contributed by atoms with Crippen LogP contribution in [0.1, 0.15) is 20.3 Å². The first-order valence-corrected chi connectivity index (χ1v) is 5.74. The summed E-state index contributed by atoms with van der Waals surface area (Å²) in [7, 11) is 0. The lowest BCUT2D eigenvalue weighted by molar-refractivity contribution is -0.121. The monoisotopic (exact) mass is 237 g/mol. The van der Waals surface area contributed by atoms with Crippen LogP contribution in [0.2, 0.25) is 0 Å². The van der Waals surface area contributed by atoms with Crippen molar-refractivity contribution in [3.8, 4) is 5.75 Å². The summed E-state index contributed by atoms with van der Waals surface area (Å²) in [6.07, 6.45) is -0.694. The standard InChI is InChI=1S/C13H16FNO2/c1-3-17-10-6-4-9(5-7-10)15-12(16)13(2)8-11(13)14/h4-7,11H,3,8H2,1-2H3,(H,15,16). The fourth-order valence-corrected chi connectivity index (χ4v) is 1.62. The molecule has 4 heteroatoms. The van der Waals surface area contributed by atoms with Gasteiger partial charge >= 0.3 is 0 Å². The molecule has 0 heterocycles. The number of alkyl halides is 1. The molecule has 1 N–H and O–H groups in total. The zero-order valence-electron chi connectivity index (χ0n) is 10.00. The molecule has 0 aliphatic heterocycles. The van der Waals surface area contributed by atoms with Crippen LogP contribution < -0.4 is 10.1 Å². The van der Waals surface area contributed by atoms with Gasteiger partial charge in [0.1, 0.15) is 11.9 Å². The summed E-state index contributed by atoms with van der Waals surface area (Å²) in [6.45, 7) is 4.15. The summed E-state index contributed by atoms with van der Waals surface area (Å²) in [6, 6.07) is 7.06. The number of carbonyl (C=O) groups is 1. The SMILES string of the molecule is CCOc1ccc(NC(=O)C2(C)CC2F)cc1. The van der Waals surface area contributed by atoms with Crippen molar-refractivity contribution < 1.29 is 13.9 Å². The first-order chi connectivity index (χ1) is 8.06. The van der Waals surface area contributed by atoms with E-state index in [-0.39, 0.29) is 5.91 Å². The summed E-state index contributed by atoms with van der Waals surface area (Å²) < 4.78 is 18.3. The van der Waals surface area contributed by atoms with Gasteiger partial charge in [0.25, 0.3) is 0 Å². The number of benzene rings is 1. The third kappa shape index (κ3) is 2.40. The van der Waals surface area contributed by atoms with E-state index in [4.69, 9.17) is 4.74 Å². The van der Waals surface area contributed by atoms with E-state index in [1.165, 1.54) is 0 Å². The van der Waals surface area contributed by atoms with E-state index >= 15 is 0 Å². The first kappa shape index (κ1) is 11.9. The molecule has 2 rings (SSSR count). The minimum absolute atomic E-state index is 0.255. The summed E-state index contributed by atoms with van der Waals surface area (Å²) in [4.78, 5) is 11.7. The fraction of sp³-hybridized carbons (Fsp3) is 0.462. The van der Waals surface area contributed by atoms with Gasteiger partial charge in [0.15, 0.2) is 0 Å². The van der Waals surface area contributed by atoms with Gasteiger partial charge in [-0.05, 0) is 44.5 Å². The van der Waals surface area contributed by atoms with E-state index in [0.29, 0.717) is 18.7 Å². The highest BCUT2D eigenvalue weighted by atomic mass is 19.1. The van der Waals surface area contributed by atoms with Crippen molar-refractivity contribution in [3.05, 3.63) is 24.3 Å². The number of amides is 1. The Hall–Kier alpha value is -1.58. The molecular weight excluding hydrogens is 221 g/mol. The van der Waals surface area contributed by atoms with E-state index in [2.05, 4.69) is 5.32 Å². The number of hydrogen-bond acceptors (Lipinski definition) is 2. The molecule has 0 aromatic heterocycles. The molecule has 2 atom stereocenters. The van der Waals surface area contributed by atoms with Gasteiger partial charge in [-0.3, -0.25) is 4.79 Å². The number of ether oxygens (including phenoxy) is 1. The van der Waals surface area contributed by atoms with E-state index in [9.17, 15) is 9.18 Å². The number of anilines is 1. The van der Waals surface area contributed by atoms with Gasteiger partial charge in [0, 0.05) is 5.69 Å². The second-order valence-corrected chi connectivity index (χ2v) is 4.50. The van der Waals surface area contributed by atoms with E-state index in [1.807, 2.05) is 6.92 Å². The average Bonchev–Trinajstić information content (AvgIpc) is 2.92. The van der Waals surface area contributed by atoms with Crippen LogP contribution >= 0.6 is 0 Å². The summed E-state index contributed by atoms with van der Waals surface area (Å²) in [5.41, 5.74) is -0.169. The Morgan fingerprint density at radius 2 is 2.12 bits per heavy atom. The summed E-state index contributed by atoms with van der Waals surface area (Å²) >= 11 is 0. The maximum absolute atomic E-state index is 13.0. The highest BCUT2D eigenvalue weighted by Gasteiger charge is 2.57. The Labute approximate surface area is 100.0 Å². The molecule has 1 aromatic carbocycles. The maximum atomic E-state index is 13.0. The van der Waals surface area contributed by atoms with Gasteiger partial charge in [-0.1, -0.05) is 0 Å². The number of carbonyl (C=O) groups excluding carboxylic acids is 1. The Morgan fingerprint density at radius 3 is 2.59 bits per heavy atom. The topological polar surface area (TPSA) is 38.3 Å². The smallest absolute Gasteiger partial charge is 0.233 e. The molecule has 0 bridgehead atoms. The molecule has 1 aliphatic rings. The molecule has 2 unspecified atom stereocenters. The van der Waals surface area contributed by atoms with Crippen LogP contribution in [-0.2, 0) is 4.79 Å². The lowest BCUT2D eigenvalue weighted by atomic mass is 10.1. The predicted octanol–water partition coefficient (Wildman–Crippen LogP) is 2.77. The van der Waals surface area contributed by atoms with Gasteiger partial charge in [0.05, 0.1) is 12.0 Å². The van der Waals surface area contributed by atoms with Gasteiger partial charge in [-0.15, -0.1) is 0 Å². The van der Waals surface area contributed by atoms with E-state index in [1.54, 1.807) is 31.2 Å². The molecule has 1 aliphatic carbocycles. The fourth-order valence-electron chi connectivity index (χ4n) is 1.62. The van der Waals surface area contributed by atoms with Crippen molar-refractivity contribution in [3.63, 3.8) is 0 Å². The van der Waals surface area contributed by atoms with Crippen molar-refractivity contribution in [1.82, 2.24) is 0 Å². The Bertz CT molecular complexity index is 418. The quantitative estimate of drug-likeness (QED) is 0.874. The summed E-state index contributed by atoms with van der Waals surface area (Å²) in [5.74, 6) is 0.501. The van der Waals surface area contributed by atoms with Crippen molar-refractivity contribution in [2.45, 2.75) is 26.4 Å². The van der Waals surface area contributed by atoms with Crippen LogP contribution in [0.15, 0.2) is 24.3 Å². The Morgan fingerprint density at radius 1 is 1.53 bits per heavy atom. The zero-order chi connectivity index (χ0) is 12.5. The largest absolute Gasteiger partial charge is 0.494 e. The van der Waals surface area contributed by atoms with Crippen molar-refractivity contribution in [2.24, 2.45) is 5.41 Å². The number of halogens is 1. The molecule has 1 aromatic rings. The number of rotatable bonds is 4. The molecule has 0 spiro atoms. The van der Waals surface area contributed by atoms with Gasteiger partial charge in [0.2, 0.25) is 5.91 Å². The van der Waals surface area contributed by atoms with E-state index < -0.39 is 11.6 Å². The molecule has 1 amide bonds. The van der Waals surface area contributed by atoms with Crippen LogP contribution in [-0.4, -0.2) is 18.7 Å². The third-order valence-corrected chi connectivity index (χ3v) is 3.08. The van der Waals surface area contributed by atoms with Gasteiger partial charge in [-0.25, -0.2) is 4.39 Å². The van der Waals surface area contributed by atoms with Gasteiger partial charge < -0.3 is 10.1 Å². The van der Waals surface area contributed by atoms with Crippen LogP contribution in [0.25, 0.3) is 0 Å². The second-order valence-electron chi connectivity index (χ2n) is 4.50. The van der Waals surface area contributed by atoms with Crippen molar-refractivity contribution in [2.75, 3.05) is 11.9 Å². The molecule has 17 heavy (non-hydrogen) atoms. The van der Waals surface area contributed by atoms with Crippen molar-refractivity contribution >= 4 is 11.6 Å². The highest BCUT2D eigenvalue weighted by Crippen LogP contribution is 2.48. The van der Waals surface area contributed by atoms with E-state index in [0.717, 1.165) is 5.75 Å². The highest BCUT2D eigenvalue weighted by molar-refractivity contribution is 5.97. The minimum atomic E-state index is -1.01. The summed E-state index contributed by atoms with van der Waals surface area (Å²) in [5, 5.41) is 2.71. The van der Waals surface area contributed by atoms with Gasteiger partial charge in [-0.2, -0.15) is 0 Å². The lowest BCUT2D eigenvalue weighted by Crippen LogP contribution is -2.23. The molecule has 3 nitrogen and oxygen atoms in total.